The average Bonchev–Trinajstić information content (AvgIpc) is 3.40. The van der Waals surface area contributed by atoms with Gasteiger partial charge in [0, 0.05) is 10.7 Å². The van der Waals surface area contributed by atoms with E-state index in [-0.39, 0.29) is 50.4 Å². The maximum absolute atomic E-state index is 12.5. The molecule has 18 nitrogen and oxygen atoms in total. The van der Waals surface area contributed by atoms with E-state index in [2.05, 4.69) is 9.44 Å². The van der Waals surface area contributed by atoms with Crippen LogP contribution in [-0.4, -0.2) is 79.4 Å². The summed E-state index contributed by atoms with van der Waals surface area (Å²) in [4.78, 5) is 35.2. The normalized spacial score (nSPS) is 12.5. The Morgan fingerprint density at radius 3 is 1.12 bits per heavy atom. The second-order valence-corrected chi connectivity index (χ2v) is 26.4. The zero-order valence-corrected chi connectivity index (χ0v) is 49.6. The number of rotatable bonds is 21. The lowest BCUT2D eigenvalue weighted by Gasteiger charge is -2.19. The lowest BCUT2D eigenvalue weighted by Crippen LogP contribution is -2.42. The Morgan fingerprint density at radius 1 is 0.475 bits per heavy atom. The van der Waals surface area contributed by atoms with Crippen LogP contribution < -0.4 is 15.2 Å². The molecular weight excluding hydrogens is 1130 g/mol. The third kappa shape index (κ3) is 28.7. The van der Waals surface area contributed by atoms with Crippen molar-refractivity contribution in [3.63, 3.8) is 0 Å². The molecule has 6 rings (SSSR count). The molecule has 0 amide bonds. The summed E-state index contributed by atoms with van der Waals surface area (Å²) in [6.07, 6.45) is 1.27. The molecule has 23 heteroatoms. The van der Waals surface area contributed by atoms with Crippen LogP contribution in [-0.2, 0) is 76.3 Å². The van der Waals surface area contributed by atoms with E-state index in [1.54, 1.807) is 66.7 Å². The molecule has 0 saturated carbocycles. The molecule has 0 unspecified atom stereocenters. The number of hydrogen-bond acceptors (Lipinski definition) is 14. The minimum Gasteiger partial charge on any atom is -0.480 e. The summed E-state index contributed by atoms with van der Waals surface area (Å²) in [5, 5.41) is 9.01. The molecule has 6 aromatic carbocycles. The third-order valence-electron chi connectivity index (χ3n) is 10.5. The molecule has 3 atom stereocenters. The Morgan fingerprint density at radius 2 is 0.800 bits per heavy atom. The number of benzene rings is 6. The van der Waals surface area contributed by atoms with Crippen LogP contribution in [0.15, 0.2) is 196 Å². The Balaban J connectivity index is 0.000000355. The Kier molecular flexibility index (Phi) is 30.3. The van der Waals surface area contributed by atoms with Gasteiger partial charge < -0.3 is 20.3 Å². The Bertz CT molecular complexity index is 3240. The van der Waals surface area contributed by atoms with Gasteiger partial charge in [0.25, 0.3) is 19.2 Å². The summed E-state index contributed by atoms with van der Waals surface area (Å²) in [5.41, 5.74) is 8.49. The smallest absolute Gasteiger partial charge is 0.324 e. The second-order valence-electron chi connectivity index (χ2n) is 19.0. The summed E-state index contributed by atoms with van der Waals surface area (Å²) in [6, 6.07) is 45.9. The van der Waals surface area contributed by atoms with Crippen LogP contribution in [0, 0.1) is 24.7 Å². The lowest BCUT2D eigenvalue weighted by molar-refractivity contribution is -0.148. The van der Waals surface area contributed by atoms with Crippen molar-refractivity contribution in [2.75, 3.05) is 0 Å². The number of aliphatic carboxylic acids is 1. The van der Waals surface area contributed by atoms with Gasteiger partial charge in [-0.3, -0.25) is 18.9 Å². The van der Waals surface area contributed by atoms with E-state index in [4.69, 9.17) is 35.5 Å². The van der Waals surface area contributed by atoms with Gasteiger partial charge in [-0.25, -0.2) is 25.3 Å². The van der Waals surface area contributed by atoms with Crippen LogP contribution in [0.4, 0.5) is 0 Å². The number of nitrogens with one attached hydrogen (secondary N) is 2. The van der Waals surface area contributed by atoms with Gasteiger partial charge in [-0.15, -0.1) is 0 Å². The summed E-state index contributed by atoms with van der Waals surface area (Å²) in [5.74, 6) is -1.44. The molecule has 0 aliphatic rings. The number of aryl methyl sites for hydroxylation is 1. The molecule has 0 saturated heterocycles. The first kappa shape index (κ1) is 69.8. The highest BCUT2D eigenvalue weighted by molar-refractivity contribution is 8.13. The molecular formula is C57H72ClN3O15S4. The molecule has 0 radical (unpaired) electrons. The zero-order valence-electron chi connectivity index (χ0n) is 45.5. The van der Waals surface area contributed by atoms with E-state index in [9.17, 15) is 48.1 Å². The summed E-state index contributed by atoms with van der Waals surface area (Å²) >= 11 is 0. The van der Waals surface area contributed by atoms with Crippen molar-refractivity contribution in [1.82, 2.24) is 9.44 Å². The quantitative estimate of drug-likeness (QED) is 0.0254. The number of hydrogen-bond donors (Lipinski definition) is 5. The molecule has 0 fully saturated rings. The number of sulfonamides is 2. The Labute approximate surface area is 476 Å². The Hall–Kier alpha value is -6.34. The van der Waals surface area contributed by atoms with Crippen LogP contribution in [0.25, 0.3) is 0 Å². The standard InChI is InChI=1S/C19H23NO4S.C13H19NO2.C12H17NO4S.C7H8O3S.C6H5ClO2S/c1-15(2)13-18(19(21)24-14-16-9-5-3-6-10-16)20-25(22,23)17-11-7-4-8-12-17;1-10(2)8-12(14)13(15)16-9-11-6-4-3-5-7-11;1-9(2)8-11(12(14)15)13-18(16,17)10-6-4-3-5-7-10;1-6-2-4-7(5-3-6)11(8,9)10;7-10(8,9)6-4-2-1-3-5-6/h3-12,15,18,20H,13-14H2,1-2H3;3-7,10,12H,8-9,14H2,1-2H3;3-7,9,11,13H,8H2,1-2H3,(H,14,15);2-5H,1H3,(H,8,9,10);1-5H/t18-;12-;11-;;/m000../s1. The minimum atomic E-state index is -4.02. The molecule has 0 spiro atoms. The largest absolute Gasteiger partial charge is 0.480 e. The first-order valence-corrected chi connectivity index (χ1v) is 31.7. The zero-order chi connectivity index (χ0) is 60.1. The van der Waals surface area contributed by atoms with Crippen LogP contribution in [0.1, 0.15) is 77.5 Å². The predicted octanol–water partition coefficient (Wildman–Crippen LogP) is 9.55. The monoisotopic (exact) mass is 1200 g/mol. The highest BCUT2D eigenvalue weighted by Gasteiger charge is 2.28. The van der Waals surface area contributed by atoms with Crippen molar-refractivity contribution in [2.45, 2.75) is 119 Å². The van der Waals surface area contributed by atoms with Crippen molar-refractivity contribution in [2.24, 2.45) is 23.5 Å². The number of nitrogens with two attached hydrogens (primary N) is 1. The van der Waals surface area contributed by atoms with E-state index in [0.29, 0.717) is 25.4 Å². The van der Waals surface area contributed by atoms with Crippen molar-refractivity contribution < 1.29 is 67.2 Å². The fraction of sp³-hybridized carbons (Fsp3) is 0.316. The van der Waals surface area contributed by atoms with Gasteiger partial charge in [-0.1, -0.05) is 174 Å². The topological polar surface area (TPSA) is 297 Å². The number of carbonyl (C=O) groups excluding carboxylic acids is 2. The van der Waals surface area contributed by atoms with Crippen molar-refractivity contribution in [3.8, 4) is 0 Å². The molecule has 6 N–H and O–H groups in total. The summed E-state index contributed by atoms with van der Waals surface area (Å²) in [6.45, 7) is 13.8. The molecule has 0 aliphatic carbocycles. The highest BCUT2D eigenvalue weighted by atomic mass is 35.7. The average molecular weight is 1200 g/mol. The molecule has 436 valence electrons. The molecule has 0 aromatic heterocycles. The fourth-order valence-corrected chi connectivity index (χ4v) is 10.3. The number of halogens is 1. The van der Waals surface area contributed by atoms with Gasteiger partial charge in [0.05, 0.1) is 19.6 Å². The van der Waals surface area contributed by atoms with Gasteiger partial charge in [-0.05, 0) is 104 Å². The first-order chi connectivity index (χ1) is 37.4. The van der Waals surface area contributed by atoms with Crippen LogP contribution in [0.5, 0.6) is 0 Å². The molecule has 0 aliphatic heterocycles. The minimum absolute atomic E-state index is 0.0666. The van der Waals surface area contributed by atoms with E-state index in [1.807, 2.05) is 109 Å². The fourth-order valence-electron chi connectivity index (χ4n) is 6.61. The van der Waals surface area contributed by atoms with Crippen molar-refractivity contribution in [3.05, 3.63) is 193 Å². The maximum atomic E-state index is 12.5. The second kappa shape index (κ2) is 34.7. The number of carboxylic acid groups (broad SMARTS) is 1. The molecule has 0 heterocycles. The lowest BCUT2D eigenvalue weighted by atomic mass is 10.1. The van der Waals surface area contributed by atoms with Crippen LogP contribution in [0.3, 0.4) is 0 Å². The molecule has 80 heavy (non-hydrogen) atoms. The highest BCUT2D eigenvalue weighted by Crippen LogP contribution is 2.16. The number of ether oxygens (including phenoxy) is 2. The van der Waals surface area contributed by atoms with E-state index < -0.39 is 69.3 Å². The van der Waals surface area contributed by atoms with Gasteiger partial charge >= 0.3 is 17.9 Å². The summed E-state index contributed by atoms with van der Waals surface area (Å²) in [7, 11) is -10.1. The maximum Gasteiger partial charge on any atom is 0.324 e. The molecule has 0 bridgehead atoms. The van der Waals surface area contributed by atoms with Gasteiger partial charge in [0.1, 0.15) is 31.3 Å². The van der Waals surface area contributed by atoms with E-state index in [0.717, 1.165) is 16.7 Å². The SMILES string of the molecule is CC(C)C[C@H](N)C(=O)OCc1ccccc1.CC(C)C[C@H](NS(=O)(=O)c1ccccc1)C(=O)O.CC(C)C[C@H](NS(=O)(=O)c1ccccc1)C(=O)OCc1ccccc1.Cc1ccc(S(=O)(=O)O)cc1.O=S(=O)(Cl)c1ccccc1. The first-order valence-electron chi connectivity index (χ1n) is 25.0. The van der Waals surface area contributed by atoms with Gasteiger partial charge in [0.15, 0.2) is 0 Å². The van der Waals surface area contributed by atoms with Crippen molar-refractivity contribution >= 4 is 67.8 Å². The number of esters is 2. The van der Waals surface area contributed by atoms with E-state index >= 15 is 0 Å². The van der Waals surface area contributed by atoms with Crippen LogP contribution >= 0.6 is 10.7 Å². The third-order valence-corrected chi connectivity index (χ3v) is 15.7. The van der Waals surface area contributed by atoms with Crippen LogP contribution in [0.2, 0.25) is 0 Å². The summed E-state index contributed by atoms with van der Waals surface area (Å²) < 4.78 is 115. The number of carboxylic acids is 1. The number of carbonyl (C=O) groups is 3. The van der Waals surface area contributed by atoms with Gasteiger partial charge in [0.2, 0.25) is 20.0 Å². The molecule has 6 aromatic rings. The predicted molar refractivity (Wildman–Crippen MR) is 308 cm³/mol. The van der Waals surface area contributed by atoms with Crippen molar-refractivity contribution in [1.29, 1.82) is 0 Å². The van der Waals surface area contributed by atoms with Gasteiger partial charge in [-0.2, -0.15) is 17.9 Å². The van der Waals surface area contributed by atoms with E-state index in [1.165, 1.54) is 48.5 Å².